The lowest BCUT2D eigenvalue weighted by Crippen LogP contribution is -2.16. The van der Waals surface area contributed by atoms with Crippen LogP contribution < -0.4 is 11.1 Å². The summed E-state index contributed by atoms with van der Waals surface area (Å²) in [6.45, 7) is 2.54. The molecule has 1 aromatic heterocycles. The van der Waals surface area contributed by atoms with Gasteiger partial charge in [0.1, 0.15) is 0 Å². The predicted molar refractivity (Wildman–Crippen MR) is 82.4 cm³/mol. The van der Waals surface area contributed by atoms with Gasteiger partial charge in [0.05, 0.1) is 18.0 Å². The SMILES string of the molecule is CCc1[nH]nc(C(=O)Nc2ccccc2CCOC)c1N. The maximum absolute atomic E-state index is 12.3. The summed E-state index contributed by atoms with van der Waals surface area (Å²) in [4.78, 5) is 12.3. The molecular weight excluding hydrogens is 268 g/mol. The first kappa shape index (κ1) is 15.1. The smallest absolute Gasteiger partial charge is 0.278 e. The highest BCUT2D eigenvalue weighted by Gasteiger charge is 2.17. The van der Waals surface area contributed by atoms with Crippen molar-refractivity contribution in [2.75, 3.05) is 24.8 Å². The molecule has 0 aliphatic carbocycles. The Bertz CT molecular complexity index is 622. The highest BCUT2D eigenvalue weighted by atomic mass is 16.5. The van der Waals surface area contributed by atoms with Gasteiger partial charge in [0.15, 0.2) is 5.69 Å². The van der Waals surface area contributed by atoms with Gasteiger partial charge in [-0.2, -0.15) is 5.10 Å². The Balaban J connectivity index is 2.17. The number of carbonyl (C=O) groups is 1. The molecule has 1 aromatic carbocycles. The fourth-order valence-corrected chi connectivity index (χ4v) is 2.08. The van der Waals surface area contributed by atoms with Crippen LogP contribution in [0.4, 0.5) is 11.4 Å². The molecule has 0 saturated carbocycles. The van der Waals surface area contributed by atoms with Gasteiger partial charge >= 0.3 is 0 Å². The van der Waals surface area contributed by atoms with Crippen molar-refractivity contribution >= 4 is 17.3 Å². The monoisotopic (exact) mass is 288 g/mol. The van der Waals surface area contributed by atoms with E-state index in [0.29, 0.717) is 18.7 Å². The summed E-state index contributed by atoms with van der Waals surface area (Å²) in [6.07, 6.45) is 1.43. The van der Waals surface area contributed by atoms with Gasteiger partial charge in [0.25, 0.3) is 5.91 Å². The van der Waals surface area contributed by atoms with Crippen LogP contribution in [0, 0.1) is 0 Å². The van der Waals surface area contributed by atoms with E-state index in [2.05, 4.69) is 15.5 Å². The number of carbonyl (C=O) groups excluding carboxylic acids is 1. The van der Waals surface area contributed by atoms with E-state index in [-0.39, 0.29) is 11.6 Å². The van der Waals surface area contributed by atoms with Gasteiger partial charge in [-0.25, -0.2) is 0 Å². The lowest BCUT2D eigenvalue weighted by atomic mass is 10.1. The number of hydrogen-bond acceptors (Lipinski definition) is 4. The molecule has 0 atom stereocenters. The van der Waals surface area contributed by atoms with E-state index in [4.69, 9.17) is 10.5 Å². The number of amides is 1. The Kier molecular flexibility index (Phi) is 4.94. The standard InChI is InChI=1S/C15H20N4O2/c1-3-11-13(16)14(19-18-11)15(20)17-12-7-5-4-6-10(12)8-9-21-2/h4-7H,3,8-9,16H2,1-2H3,(H,17,20)(H,18,19). The molecule has 6 nitrogen and oxygen atoms in total. The summed E-state index contributed by atoms with van der Waals surface area (Å²) in [5, 5.41) is 9.63. The number of nitrogens with zero attached hydrogens (tertiary/aromatic N) is 1. The summed E-state index contributed by atoms with van der Waals surface area (Å²) in [7, 11) is 1.65. The number of methoxy groups -OCH3 is 1. The van der Waals surface area contributed by atoms with Crippen molar-refractivity contribution in [1.29, 1.82) is 0 Å². The van der Waals surface area contributed by atoms with Crippen LogP contribution in [0.3, 0.4) is 0 Å². The first-order chi connectivity index (χ1) is 10.2. The summed E-state index contributed by atoms with van der Waals surface area (Å²) in [5.74, 6) is -0.312. The second kappa shape index (κ2) is 6.90. The Morgan fingerprint density at radius 3 is 2.86 bits per heavy atom. The topological polar surface area (TPSA) is 93.0 Å². The van der Waals surface area contributed by atoms with E-state index < -0.39 is 0 Å². The van der Waals surface area contributed by atoms with Crippen LogP contribution in [0.5, 0.6) is 0 Å². The van der Waals surface area contributed by atoms with E-state index in [1.165, 1.54) is 0 Å². The number of benzene rings is 1. The first-order valence-corrected chi connectivity index (χ1v) is 6.88. The third kappa shape index (κ3) is 3.41. The minimum atomic E-state index is -0.312. The van der Waals surface area contributed by atoms with Crippen molar-refractivity contribution in [3.8, 4) is 0 Å². The van der Waals surface area contributed by atoms with Gasteiger partial charge in [-0.15, -0.1) is 0 Å². The van der Waals surface area contributed by atoms with Crippen LogP contribution in [0.2, 0.25) is 0 Å². The zero-order valence-electron chi connectivity index (χ0n) is 12.3. The number of nitrogens with two attached hydrogens (primary N) is 1. The predicted octanol–water partition coefficient (Wildman–Crippen LogP) is 2.00. The number of nitrogen functional groups attached to an aromatic ring is 1. The van der Waals surface area contributed by atoms with E-state index in [1.807, 2.05) is 31.2 Å². The number of para-hydroxylation sites is 1. The maximum atomic E-state index is 12.3. The van der Waals surface area contributed by atoms with E-state index in [0.717, 1.165) is 23.4 Å². The highest BCUT2D eigenvalue weighted by molar-refractivity contribution is 6.06. The van der Waals surface area contributed by atoms with Gasteiger partial charge in [0, 0.05) is 12.8 Å². The molecule has 1 heterocycles. The molecule has 0 unspecified atom stereocenters. The van der Waals surface area contributed by atoms with E-state index in [1.54, 1.807) is 7.11 Å². The first-order valence-electron chi connectivity index (χ1n) is 6.88. The second-order valence-corrected chi connectivity index (χ2v) is 4.67. The minimum Gasteiger partial charge on any atom is -0.395 e. The molecule has 0 aliphatic rings. The summed E-state index contributed by atoms with van der Waals surface area (Å²) >= 11 is 0. The molecule has 0 bridgehead atoms. The molecule has 112 valence electrons. The van der Waals surface area contributed by atoms with Crippen molar-refractivity contribution in [1.82, 2.24) is 10.2 Å². The molecular formula is C15H20N4O2. The van der Waals surface area contributed by atoms with Gasteiger partial charge in [0.2, 0.25) is 0 Å². The number of aryl methyl sites for hydroxylation is 1. The molecule has 0 radical (unpaired) electrons. The van der Waals surface area contributed by atoms with Gasteiger partial charge in [-0.3, -0.25) is 9.89 Å². The number of anilines is 2. The molecule has 21 heavy (non-hydrogen) atoms. The van der Waals surface area contributed by atoms with Crippen molar-refractivity contribution in [2.45, 2.75) is 19.8 Å². The van der Waals surface area contributed by atoms with Crippen LogP contribution in [0.15, 0.2) is 24.3 Å². The molecule has 0 saturated heterocycles. The van der Waals surface area contributed by atoms with E-state index >= 15 is 0 Å². The largest absolute Gasteiger partial charge is 0.395 e. The van der Waals surface area contributed by atoms with Crippen LogP contribution in [-0.2, 0) is 17.6 Å². The van der Waals surface area contributed by atoms with Crippen molar-refractivity contribution in [3.63, 3.8) is 0 Å². The molecule has 1 amide bonds. The third-order valence-electron chi connectivity index (χ3n) is 3.29. The third-order valence-corrected chi connectivity index (χ3v) is 3.29. The van der Waals surface area contributed by atoms with Crippen molar-refractivity contribution in [3.05, 3.63) is 41.2 Å². The summed E-state index contributed by atoms with van der Waals surface area (Å²) in [5.41, 5.74) is 9.08. The van der Waals surface area contributed by atoms with Crippen LogP contribution in [-0.4, -0.2) is 29.8 Å². The molecule has 2 rings (SSSR count). The number of aromatic amines is 1. The molecule has 4 N–H and O–H groups in total. The Morgan fingerprint density at radius 2 is 2.19 bits per heavy atom. The van der Waals surface area contributed by atoms with Gasteiger partial charge in [-0.1, -0.05) is 25.1 Å². The zero-order chi connectivity index (χ0) is 15.2. The number of H-pyrrole nitrogens is 1. The fourth-order valence-electron chi connectivity index (χ4n) is 2.08. The Morgan fingerprint density at radius 1 is 1.43 bits per heavy atom. The second-order valence-electron chi connectivity index (χ2n) is 4.67. The lowest BCUT2D eigenvalue weighted by molar-refractivity contribution is 0.102. The molecule has 0 aliphatic heterocycles. The Labute approximate surface area is 123 Å². The number of nitrogens with one attached hydrogen (secondary N) is 2. The number of hydrogen-bond donors (Lipinski definition) is 3. The normalized spacial score (nSPS) is 10.6. The minimum absolute atomic E-state index is 0.230. The lowest BCUT2D eigenvalue weighted by Gasteiger charge is -2.10. The number of aromatic nitrogens is 2. The van der Waals surface area contributed by atoms with Crippen molar-refractivity contribution in [2.24, 2.45) is 0 Å². The average molecular weight is 288 g/mol. The van der Waals surface area contributed by atoms with Crippen LogP contribution in [0.25, 0.3) is 0 Å². The van der Waals surface area contributed by atoms with Crippen molar-refractivity contribution < 1.29 is 9.53 Å². The maximum Gasteiger partial charge on any atom is 0.278 e. The number of rotatable bonds is 6. The molecule has 0 spiro atoms. The van der Waals surface area contributed by atoms with Crippen LogP contribution >= 0.6 is 0 Å². The Hall–Kier alpha value is -2.34. The quantitative estimate of drug-likeness (QED) is 0.758. The summed E-state index contributed by atoms with van der Waals surface area (Å²) < 4.78 is 5.08. The molecule has 6 heteroatoms. The van der Waals surface area contributed by atoms with Gasteiger partial charge in [-0.05, 0) is 24.5 Å². The van der Waals surface area contributed by atoms with Gasteiger partial charge < -0.3 is 15.8 Å². The van der Waals surface area contributed by atoms with E-state index in [9.17, 15) is 4.79 Å². The molecule has 2 aromatic rings. The zero-order valence-corrected chi connectivity index (χ0v) is 12.3. The average Bonchev–Trinajstić information content (AvgIpc) is 2.87. The highest BCUT2D eigenvalue weighted by Crippen LogP contribution is 2.19. The molecule has 0 fully saturated rings. The van der Waals surface area contributed by atoms with Crippen LogP contribution in [0.1, 0.15) is 28.7 Å². The fraction of sp³-hybridized carbons (Fsp3) is 0.333. The number of ether oxygens (including phenoxy) is 1. The summed E-state index contributed by atoms with van der Waals surface area (Å²) in [6, 6.07) is 7.61.